The number of rotatable bonds is 5. The Bertz CT molecular complexity index is 895. The number of halogens is 2. The second-order valence-corrected chi connectivity index (χ2v) is 6.33. The zero-order valence-electron chi connectivity index (χ0n) is 13.8. The number of amides is 1. The van der Waals surface area contributed by atoms with Crippen molar-refractivity contribution in [2.24, 2.45) is 0 Å². The van der Waals surface area contributed by atoms with Gasteiger partial charge in [-0.15, -0.1) is 0 Å². The van der Waals surface area contributed by atoms with Crippen LogP contribution in [0.25, 0.3) is 0 Å². The van der Waals surface area contributed by atoms with Crippen molar-refractivity contribution in [3.63, 3.8) is 0 Å². The minimum atomic E-state index is -0.238. The lowest BCUT2D eigenvalue weighted by molar-refractivity contribution is 0.102. The predicted octanol–water partition coefficient (Wildman–Crippen LogP) is 4.02. The number of nitrogens with zero attached hydrogens (tertiary/aromatic N) is 4. The third-order valence-corrected chi connectivity index (χ3v) is 4.62. The van der Waals surface area contributed by atoms with Crippen LogP contribution < -0.4 is 5.32 Å². The Morgan fingerprint density at radius 2 is 1.96 bits per heavy atom. The van der Waals surface area contributed by atoms with Crippen molar-refractivity contribution < 1.29 is 4.79 Å². The molecule has 25 heavy (non-hydrogen) atoms. The van der Waals surface area contributed by atoms with Crippen molar-refractivity contribution in [3.05, 3.63) is 63.5 Å². The normalized spacial score (nSPS) is 10.9. The first-order valence-corrected chi connectivity index (χ1v) is 8.55. The van der Waals surface area contributed by atoms with Gasteiger partial charge in [0.25, 0.3) is 5.91 Å². The molecule has 0 aliphatic rings. The largest absolute Gasteiger partial charge is 0.305 e. The van der Waals surface area contributed by atoms with Crippen molar-refractivity contribution in [2.45, 2.75) is 26.9 Å². The molecule has 0 spiro atoms. The molecule has 0 saturated carbocycles. The number of carbonyl (C=O) groups excluding carboxylic acids is 1. The molecule has 0 unspecified atom stereocenters. The zero-order chi connectivity index (χ0) is 18.0. The van der Waals surface area contributed by atoms with Gasteiger partial charge in [0, 0.05) is 40.1 Å². The maximum absolute atomic E-state index is 12.4. The maximum Gasteiger partial charge on any atom is 0.260 e. The molecule has 8 heteroatoms. The van der Waals surface area contributed by atoms with E-state index in [2.05, 4.69) is 15.5 Å². The average molecular weight is 378 g/mol. The molecular formula is C17H17Cl2N5O. The van der Waals surface area contributed by atoms with Crippen LogP contribution in [0.1, 0.15) is 28.5 Å². The molecule has 0 atom stereocenters. The van der Waals surface area contributed by atoms with Crippen molar-refractivity contribution >= 4 is 34.9 Å². The van der Waals surface area contributed by atoms with Gasteiger partial charge < -0.3 is 5.32 Å². The van der Waals surface area contributed by atoms with E-state index in [1.165, 1.54) is 0 Å². The second-order valence-electron chi connectivity index (χ2n) is 5.51. The number of carbonyl (C=O) groups is 1. The van der Waals surface area contributed by atoms with Gasteiger partial charge in [0.05, 0.1) is 18.3 Å². The number of hydrogen-bond donors (Lipinski definition) is 1. The lowest BCUT2D eigenvalue weighted by Gasteiger charge is -2.07. The van der Waals surface area contributed by atoms with Crippen LogP contribution in [0.2, 0.25) is 10.0 Å². The molecular weight excluding hydrogens is 361 g/mol. The first kappa shape index (κ1) is 17.5. The molecule has 2 heterocycles. The highest BCUT2D eigenvalue weighted by atomic mass is 35.5. The van der Waals surface area contributed by atoms with Crippen LogP contribution >= 0.6 is 23.2 Å². The Morgan fingerprint density at radius 1 is 1.24 bits per heavy atom. The first-order valence-electron chi connectivity index (χ1n) is 7.79. The number of anilines is 1. The summed E-state index contributed by atoms with van der Waals surface area (Å²) in [5.41, 5.74) is 2.14. The molecule has 6 nitrogen and oxygen atoms in total. The summed E-state index contributed by atoms with van der Waals surface area (Å²) in [5.74, 6) is 0.218. The van der Waals surface area contributed by atoms with Crippen LogP contribution in [-0.2, 0) is 13.1 Å². The van der Waals surface area contributed by atoms with Gasteiger partial charge in [0.1, 0.15) is 0 Å². The summed E-state index contributed by atoms with van der Waals surface area (Å²) >= 11 is 12.4. The van der Waals surface area contributed by atoms with E-state index in [0.29, 0.717) is 34.5 Å². The van der Waals surface area contributed by atoms with Crippen molar-refractivity contribution in [1.29, 1.82) is 0 Å². The summed E-state index contributed by atoms with van der Waals surface area (Å²) in [6, 6.07) is 7.08. The highest BCUT2D eigenvalue weighted by molar-refractivity contribution is 6.35. The van der Waals surface area contributed by atoms with E-state index >= 15 is 0 Å². The quantitative estimate of drug-likeness (QED) is 0.730. The molecule has 2 aromatic heterocycles. The fourth-order valence-corrected chi connectivity index (χ4v) is 3.05. The average Bonchev–Trinajstić information content (AvgIpc) is 3.17. The van der Waals surface area contributed by atoms with Crippen LogP contribution in [0.4, 0.5) is 5.82 Å². The third kappa shape index (κ3) is 3.70. The van der Waals surface area contributed by atoms with E-state index in [-0.39, 0.29) is 5.91 Å². The Hall–Kier alpha value is -2.31. The Morgan fingerprint density at radius 3 is 2.60 bits per heavy atom. The number of aryl methyl sites for hydroxylation is 1. The van der Waals surface area contributed by atoms with E-state index in [1.54, 1.807) is 46.0 Å². The zero-order valence-corrected chi connectivity index (χ0v) is 15.3. The van der Waals surface area contributed by atoms with E-state index in [4.69, 9.17) is 23.2 Å². The summed E-state index contributed by atoms with van der Waals surface area (Å²) in [5, 5.41) is 12.5. The predicted molar refractivity (Wildman–Crippen MR) is 98.4 cm³/mol. The van der Waals surface area contributed by atoms with Crippen LogP contribution in [0, 0.1) is 6.92 Å². The second kappa shape index (κ2) is 7.29. The van der Waals surface area contributed by atoms with Gasteiger partial charge >= 0.3 is 0 Å². The molecule has 1 N–H and O–H groups in total. The Labute approximate surface area is 155 Å². The highest BCUT2D eigenvalue weighted by Gasteiger charge is 2.15. The molecule has 3 aromatic rings. The highest BCUT2D eigenvalue weighted by Crippen LogP contribution is 2.25. The van der Waals surface area contributed by atoms with E-state index in [1.807, 2.05) is 13.8 Å². The number of benzene rings is 1. The van der Waals surface area contributed by atoms with Crippen LogP contribution in [0.3, 0.4) is 0 Å². The van der Waals surface area contributed by atoms with Gasteiger partial charge in [-0.1, -0.05) is 29.3 Å². The van der Waals surface area contributed by atoms with Gasteiger partial charge in [-0.25, -0.2) is 0 Å². The first-order chi connectivity index (χ1) is 12.0. The maximum atomic E-state index is 12.4. The molecule has 1 aromatic carbocycles. The standard InChI is InChI=1S/C17H17Cl2N5O/c1-3-24-11(2)12(9-20-24)17(25)21-16-7-8-23(22-16)10-13-14(18)5-4-6-15(13)19/h4-9H,3,10H2,1-2H3,(H,21,22,25). The van der Waals surface area contributed by atoms with Crippen molar-refractivity contribution in [3.8, 4) is 0 Å². The van der Waals surface area contributed by atoms with Gasteiger partial charge in [-0.3, -0.25) is 14.2 Å². The summed E-state index contributed by atoms with van der Waals surface area (Å²) < 4.78 is 3.44. The molecule has 0 radical (unpaired) electrons. The van der Waals surface area contributed by atoms with E-state index in [9.17, 15) is 4.79 Å². The van der Waals surface area contributed by atoms with E-state index in [0.717, 1.165) is 11.3 Å². The molecule has 1 amide bonds. The monoisotopic (exact) mass is 377 g/mol. The lowest BCUT2D eigenvalue weighted by Crippen LogP contribution is -2.14. The van der Waals surface area contributed by atoms with E-state index < -0.39 is 0 Å². The van der Waals surface area contributed by atoms with Crippen molar-refractivity contribution in [2.75, 3.05) is 5.32 Å². The topological polar surface area (TPSA) is 64.7 Å². The van der Waals surface area contributed by atoms with Gasteiger partial charge in [0.2, 0.25) is 0 Å². The number of aromatic nitrogens is 4. The Kier molecular flexibility index (Phi) is 5.11. The Balaban J connectivity index is 1.73. The lowest BCUT2D eigenvalue weighted by atomic mass is 10.2. The minimum Gasteiger partial charge on any atom is -0.305 e. The van der Waals surface area contributed by atoms with Crippen LogP contribution in [0.15, 0.2) is 36.7 Å². The van der Waals surface area contributed by atoms with Gasteiger partial charge in [-0.05, 0) is 26.0 Å². The minimum absolute atomic E-state index is 0.238. The number of nitrogens with one attached hydrogen (secondary N) is 1. The van der Waals surface area contributed by atoms with Crippen LogP contribution in [0.5, 0.6) is 0 Å². The molecule has 0 aliphatic heterocycles. The smallest absolute Gasteiger partial charge is 0.260 e. The van der Waals surface area contributed by atoms with Crippen molar-refractivity contribution in [1.82, 2.24) is 19.6 Å². The third-order valence-electron chi connectivity index (χ3n) is 3.91. The summed E-state index contributed by atoms with van der Waals surface area (Å²) in [6.45, 7) is 4.97. The molecule has 3 rings (SSSR count). The SMILES string of the molecule is CCn1ncc(C(=O)Nc2ccn(Cc3c(Cl)cccc3Cl)n2)c1C. The fraction of sp³-hybridized carbons (Fsp3) is 0.235. The summed E-state index contributed by atoms with van der Waals surface area (Å²) in [7, 11) is 0. The van der Waals surface area contributed by atoms with Gasteiger partial charge in [-0.2, -0.15) is 10.2 Å². The fourth-order valence-electron chi connectivity index (χ4n) is 2.53. The molecule has 130 valence electrons. The molecule has 0 saturated heterocycles. The summed E-state index contributed by atoms with van der Waals surface area (Å²) in [4.78, 5) is 12.4. The van der Waals surface area contributed by atoms with Crippen LogP contribution in [-0.4, -0.2) is 25.5 Å². The molecule has 0 aliphatic carbocycles. The summed E-state index contributed by atoms with van der Waals surface area (Å²) in [6.07, 6.45) is 3.33. The van der Waals surface area contributed by atoms with Gasteiger partial charge in [0.15, 0.2) is 5.82 Å². The number of hydrogen-bond acceptors (Lipinski definition) is 3. The molecule has 0 fully saturated rings. The molecule has 0 bridgehead atoms.